The first-order valence-electron chi connectivity index (χ1n) is 22.2. The van der Waals surface area contributed by atoms with Crippen molar-refractivity contribution in [2.24, 2.45) is 11.8 Å². The third-order valence-electron chi connectivity index (χ3n) is 14.9. The van der Waals surface area contributed by atoms with E-state index in [9.17, 15) is 20.1 Å². The van der Waals surface area contributed by atoms with Crippen LogP contribution in [0.5, 0.6) is 0 Å². The highest BCUT2D eigenvalue weighted by atomic mass is 127. The second-order valence-corrected chi connectivity index (χ2v) is 21.0. The number of hydrogen-bond acceptors (Lipinski definition) is 13. The Labute approximate surface area is 361 Å². The van der Waals surface area contributed by atoms with E-state index in [1.807, 2.05) is 20.8 Å². The first-order valence-corrected chi connectivity index (χ1v) is 23.5. The van der Waals surface area contributed by atoms with E-state index >= 15 is 0 Å². The summed E-state index contributed by atoms with van der Waals surface area (Å²) in [6.07, 6.45) is 1.98. The van der Waals surface area contributed by atoms with Gasteiger partial charge in [-0.3, -0.25) is 4.79 Å². The molecule has 9 fully saturated rings. The van der Waals surface area contributed by atoms with Crippen LogP contribution in [0.3, 0.4) is 0 Å². The quantitative estimate of drug-likeness (QED) is 0.153. The van der Waals surface area contributed by atoms with E-state index in [4.69, 9.17) is 47.4 Å². The van der Waals surface area contributed by atoms with Crippen LogP contribution < -0.4 is 0 Å². The summed E-state index contributed by atoms with van der Waals surface area (Å²) in [5.74, 6) is -2.43. The van der Waals surface area contributed by atoms with E-state index in [0.717, 1.165) is 36.8 Å². The number of aliphatic hydroxyl groups is 2. The molecule has 0 aromatic rings. The Morgan fingerprint density at radius 1 is 0.780 bits per heavy atom. The number of halogens is 1. The van der Waals surface area contributed by atoms with Crippen molar-refractivity contribution in [3.8, 4) is 0 Å². The van der Waals surface area contributed by atoms with Gasteiger partial charge >= 0.3 is 5.97 Å². The number of carboxylic acid groups (broad SMARTS) is 1. The summed E-state index contributed by atoms with van der Waals surface area (Å²) in [7, 11) is 0. The van der Waals surface area contributed by atoms with E-state index < -0.39 is 54.2 Å². The molecule has 0 saturated carbocycles. The van der Waals surface area contributed by atoms with Gasteiger partial charge in [0.15, 0.2) is 11.6 Å². The number of alkyl halides is 1. The molecule has 59 heavy (non-hydrogen) atoms. The number of aliphatic carboxylic acids is 1. The second kappa shape index (κ2) is 17.0. The van der Waals surface area contributed by atoms with Gasteiger partial charge in [0.1, 0.15) is 30.5 Å². The van der Waals surface area contributed by atoms with E-state index in [2.05, 4.69) is 42.7 Å². The van der Waals surface area contributed by atoms with Crippen molar-refractivity contribution < 1.29 is 67.5 Å². The maximum absolute atomic E-state index is 11.5. The Hall–Kier alpha value is -0.800. The summed E-state index contributed by atoms with van der Waals surface area (Å²) in [6.45, 7) is 17.4. The normalized spacial score (nSPS) is 51.6. The summed E-state index contributed by atoms with van der Waals surface area (Å²) in [5, 5.41) is 32.1. The van der Waals surface area contributed by atoms with E-state index in [1.54, 1.807) is 0 Å². The van der Waals surface area contributed by atoms with Gasteiger partial charge in [-0.25, -0.2) is 0 Å². The van der Waals surface area contributed by atoms with Crippen molar-refractivity contribution in [3.63, 3.8) is 0 Å². The Morgan fingerprint density at radius 2 is 1.54 bits per heavy atom. The average molecular weight is 945 g/mol. The molecule has 0 aromatic heterocycles. The van der Waals surface area contributed by atoms with Crippen LogP contribution in [0.15, 0.2) is 24.3 Å². The maximum atomic E-state index is 11.5. The third kappa shape index (κ3) is 8.74. The number of fused-ring (bicyclic) bond motifs is 9. The molecule has 0 aromatic carbocycles. The van der Waals surface area contributed by atoms with E-state index in [1.165, 1.54) is 0 Å². The Balaban J connectivity index is 0.781. The highest BCUT2D eigenvalue weighted by Gasteiger charge is 2.63. The number of ether oxygens (including phenoxy) is 10. The number of aliphatic hydroxyl groups excluding tert-OH is 2. The lowest BCUT2D eigenvalue weighted by molar-refractivity contribution is -0.355. The van der Waals surface area contributed by atoms with Gasteiger partial charge in [-0.1, -0.05) is 49.6 Å². The summed E-state index contributed by atoms with van der Waals surface area (Å²) in [6, 6.07) is 0. The molecule has 0 radical (unpaired) electrons. The predicted octanol–water partition coefficient (Wildman–Crippen LogP) is 4.91. The predicted molar refractivity (Wildman–Crippen MR) is 219 cm³/mol. The molecule has 3 unspecified atom stereocenters. The highest BCUT2D eigenvalue weighted by Crippen LogP contribution is 2.51. The lowest BCUT2D eigenvalue weighted by atomic mass is 9.79. The summed E-state index contributed by atoms with van der Waals surface area (Å²) in [5.41, 5.74) is 2.11. The van der Waals surface area contributed by atoms with Crippen molar-refractivity contribution >= 4 is 28.6 Å². The Morgan fingerprint density at radius 3 is 2.34 bits per heavy atom. The summed E-state index contributed by atoms with van der Waals surface area (Å²) >= 11 is 2.33. The minimum atomic E-state index is -1.02. The van der Waals surface area contributed by atoms with Gasteiger partial charge in [0.05, 0.1) is 90.2 Å². The van der Waals surface area contributed by atoms with Gasteiger partial charge in [0, 0.05) is 31.6 Å². The molecule has 0 amide bonds. The largest absolute Gasteiger partial charge is 0.481 e. The summed E-state index contributed by atoms with van der Waals surface area (Å²) < 4.78 is 64.8. The zero-order chi connectivity index (χ0) is 41.5. The van der Waals surface area contributed by atoms with Crippen molar-refractivity contribution in [1.82, 2.24) is 0 Å². The van der Waals surface area contributed by atoms with Gasteiger partial charge in [-0.05, 0) is 75.9 Å². The number of rotatable bonds is 10. The minimum absolute atomic E-state index is 0.00538. The molecule has 0 spiro atoms. The maximum Gasteiger partial charge on any atom is 0.305 e. The molecule has 4 bridgehead atoms. The fraction of sp³-hybridized carbons (Fsp3) is 0.886. The van der Waals surface area contributed by atoms with Gasteiger partial charge in [-0.2, -0.15) is 0 Å². The van der Waals surface area contributed by atoms with Crippen molar-refractivity contribution in [3.05, 3.63) is 24.3 Å². The van der Waals surface area contributed by atoms with Crippen LogP contribution in [0.4, 0.5) is 0 Å². The molecule has 9 heterocycles. The third-order valence-corrected chi connectivity index (χ3v) is 16.3. The standard InChI is InChI=1S/C44H65IO14/c1-20-13-24(52-30(22(20)3)16-32-37(49)23(4)38-33(54-32)17-31-34(56-38)19-50-43(5,6)57-31)7-9-28-21(2)14-26(51-28)11-12-44-18-27(46)39(58-44)41-36(45)42(59-44)40-29(55-41)10-8-25(53-40)15-35(47)48/h20,23-34,36-42,46,49H,2-3,7-19H2,1,4-6H3,(H,47,48)/t20-,23-,24+,25-,26+,27-,28+,29+,30-,31-,32+,33+,34-,36?,37-,38+,39?,40+,41-,42?,44+/m1/s1. The van der Waals surface area contributed by atoms with Crippen molar-refractivity contribution in [2.45, 2.75) is 224 Å². The zero-order valence-corrected chi connectivity index (χ0v) is 37.0. The fourth-order valence-corrected chi connectivity index (χ4v) is 12.8. The topological polar surface area (TPSA) is 170 Å². The highest BCUT2D eigenvalue weighted by molar-refractivity contribution is 14.1. The van der Waals surface area contributed by atoms with Crippen LogP contribution in [0.2, 0.25) is 0 Å². The average Bonchev–Trinajstić information content (AvgIpc) is 3.69. The molecule has 9 aliphatic heterocycles. The number of carbonyl (C=O) groups is 1. The molecule has 0 aliphatic carbocycles. The Bertz CT molecular complexity index is 1580. The van der Waals surface area contributed by atoms with Crippen LogP contribution in [0.1, 0.15) is 105 Å². The molecular weight excluding hydrogens is 879 g/mol. The lowest BCUT2D eigenvalue weighted by Gasteiger charge is -2.53. The van der Waals surface area contributed by atoms with Crippen LogP contribution >= 0.6 is 22.6 Å². The lowest BCUT2D eigenvalue weighted by Crippen LogP contribution is -2.63. The van der Waals surface area contributed by atoms with Gasteiger partial charge < -0.3 is 62.7 Å². The number of carboxylic acids is 1. The monoisotopic (exact) mass is 944 g/mol. The molecule has 3 N–H and O–H groups in total. The smallest absolute Gasteiger partial charge is 0.305 e. The van der Waals surface area contributed by atoms with Gasteiger partial charge in [0.2, 0.25) is 0 Å². The molecule has 9 aliphatic rings. The molecule has 332 valence electrons. The minimum Gasteiger partial charge on any atom is -0.481 e. The van der Waals surface area contributed by atoms with Crippen LogP contribution in [-0.4, -0.2) is 147 Å². The van der Waals surface area contributed by atoms with Gasteiger partial charge in [0.25, 0.3) is 0 Å². The van der Waals surface area contributed by atoms with Crippen molar-refractivity contribution in [1.29, 1.82) is 0 Å². The summed E-state index contributed by atoms with van der Waals surface area (Å²) in [4.78, 5) is 11.5. The van der Waals surface area contributed by atoms with Crippen molar-refractivity contribution in [2.75, 3.05) is 6.61 Å². The Kier molecular flexibility index (Phi) is 12.5. The first-order chi connectivity index (χ1) is 28.0. The van der Waals surface area contributed by atoms with E-state index in [-0.39, 0.29) is 89.3 Å². The van der Waals surface area contributed by atoms with Crippen LogP contribution in [-0.2, 0) is 52.2 Å². The SMILES string of the molecule is C=C1C[C@H](CC[C@]23C[C@@H](O)C(O2)[C@@H]2O[C@H]4CC[C@H](CC(=O)O)O[C@@H]4C(O3)C2I)O[C@H]1CC[C@H]1C[C@@H](C)C(=C)[C@@H](C[C@@H]2O[C@H]3C[C@H]4OC(C)(C)OC[C@H]4O[C@H]3[C@H](C)[C@H]2O)O1. The number of hydrogen-bond donors (Lipinski definition) is 3. The molecule has 14 nitrogen and oxygen atoms in total. The van der Waals surface area contributed by atoms with Gasteiger partial charge in [-0.15, -0.1) is 0 Å². The molecule has 9 saturated heterocycles. The molecule has 21 atom stereocenters. The second-order valence-electron chi connectivity index (χ2n) is 19.6. The first kappa shape index (κ1) is 43.5. The van der Waals surface area contributed by atoms with Crippen LogP contribution in [0.25, 0.3) is 0 Å². The zero-order valence-electron chi connectivity index (χ0n) is 34.9. The van der Waals surface area contributed by atoms with E-state index in [0.29, 0.717) is 51.6 Å². The molecule has 15 heteroatoms. The molecule has 9 rings (SSSR count). The van der Waals surface area contributed by atoms with Crippen LogP contribution in [0, 0.1) is 11.8 Å². The fourth-order valence-electron chi connectivity index (χ4n) is 11.6. The molecular formula is C44H65IO14.